The molecule has 2 N–H and O–H groups in total. The molecule has 148 valence electrons. The minimum atomic E-state index is -3.87. The second-order valence-electron chi connectivity index (χ2n) is 6.36. The predicted octanol–water partition coefficient (Wildman–Crippen LogP) is 1.85. The van der Waals surface area contributed by atoms with Gasteiger partial charge in [0.25, 0.3) is 5.91 Å². The summed E-state index contributed by atoms with van der Waals surface area (Å²) >= 11 is 5.87. The Morgan fingerprint density at radius 3 is 2.37 bits per heavy atom. The number of esters is 1. The third-order valence-corrected chi connectivity index (χ3v) is 6.04. The van der Waals surface area contributed by atoms with E-state index in [-0.39, 0.29) is 21.4 Å². The molecule has 0 aromatic heterocycles. The van der Waals surface area contributed by atoms with Crippen molar-refractivity contribution in [2.24, 2.45) is 5.92 Å². The molecule has 0 aliphatic heterocycles. The lowest BCUT2D eigenvalue weighted by Gasteiger charge is -2.28. The Hall–Kier alpha value is -2.15. The molecule has 0 heterocycles. The van der Waals surface area contributed by atoms with Crippen LogP contribution in [0, 0.1) is 17.2 Å². The molecule has 0 aliphatic rings. The Morgan fingerprint density at radius 2 is 1.89 bits per heavy atom. The first-order chi connectivity index (χ1) is 12.4. The van der Waals surface area contributed by atoms with Gasteiger partial charge in [0, 0.05) is 0 Å². The minimum Gasteiger partial charge on any atom is -0.449 e. The largest absolute Gasteiger partial charge is 0.449 e. The van der Waals surface area contributed by atoms with E-state index in [1.807, 2.05) is 6.07 Å². The highest BCUT2D eigenvalue weighted by Crippen LogP contribution is 2.23. The number of nitrogens with one attached hydrogen (secondary N) is 2. The molecule has 10 heteroatoms. The van der Waals surface area contributed by atoms with Crippen LogP contribution >= 0.6 is 11.6 Å². The van der Waals surface area contributed by atoms with Crippen molar-refractivity contribution < 1.29 is 22.7 Å². The van der Waals surface area contributed by atoms with Crippen molar-refractivity contribution in [3.05, 3.63) is 28.8 Å². The van der Waals surface area contributed by atoms with Crippen molar-refractivity contribution in [1.82, 2.24) is 10.0 Å². The maximum Gasteiger partial charge on any atom is 0.338 e. The number of hydrogen-bond donors (Lipinski definition) is 2. The van der Waals surface area contributed by atoms with Crippen LogP contribution in [-0.4, -0.2) is 39.0 Å². The van der Waals surface area contributed by atoms with Crippen molar-refractivity contribution in [3.8, 4) is 6.07 Å². The molecule has 1 aromatic carbocycles. The first-order valence-electron chi connectivity index (χ1n) is 8.05. The number of carbonyl (C=O) groups is 2. The number of sulfonamides is 1. The number of benzene rings is 1. The van der Waals surface area contributed by atoms with E-state index in [9.17, 15) is 23.3 Å². The predicted molar refractivity (Wildman–Crippen MR) is 99.6 cm³/mol. The molecule has 0 fully saturated rings. The molecule has 0 unspecified atom stereocenters. The number of ether oxygens (including phenoxy) is 1. The summed E-state index contributed by atoms with van der Waals surface area (Å²) in [7, 11) is -2.66. The number of halogens is 1. The summed E-state index contributed by atoms with van der Waals surface area (Å²) in [6, 6.07) is 5.63. The zero-order valence-corrected chi connectivity index (χ0v) is 17.2. The fraction of sp³-hybridized carbons (Fsp3) is 0.471. The molecule has 8 nitrogen and oxygen atoms in total. The van der Waals surface area contributed by atoms with Crippen LogP contribution in [0.5, 0.6) is 0 Å². The first kappa shape index (κ1) is 22.9. The average molecular weight is 416 g/mol. The van der Waals surface area contributed by atoms with Crippen LogP contribution < -0.4 is 10.0 Å². The van der Waals surface area contributed by atoms with Crippen molar-refractivity contribution in [3.63, 3.8) is 0 Å². The van der Waals surface area contributed by atoms with Gasteiger partial charge in [-0.2, -0.15) is 5.26 Å². The summed E-state index contributed by atoms with van der Waals surface area (Å²) in [6.45, 7) is 6.47. The fourth-order valence-electron chi connectivity index (χ4n) is 1.89. The van der Waals surface area contributed by atoms with Gasteiger partial charge in [0.15, 0.2) is 6.10 Å². The molecule has 0 radical (unpaired) electrons. The van der Waals surface area contributed by atoms with Crippen LogP contribution in [0.15, 0.2) is 23.1 Å². The van der Waals surface area contributed by atoms with E-state index in [1.54, 1.807) is 20.8 Å². The van der Waals surface area contributed by atoms with Crippen LogP contribution in [0.25, 0.3) is 0 Å². The third-order valence-electron chi connectivity index (χ3n) is 4.15. The number of nitrogens with zero attached hydrogens (tertiary/aromatic N) is 1. The van der Waals surface area contributed by atoms with Gasteiger partial charge in [0.1, 0.15) is 10.4 Å². The number of nitriles is 1. The Balaban J connectivity index is 2.98. The zero-order valence-electron chi connectivity index (χ0n) is 15.7. The van der Waals surface area contributed by atoms with Crippen molar-refractivity contribution >= 4 is 33.5 Å². The SMILES string of the molecule is CNS(=O)(=O)c1cc(C(=O)O[C@H](C)C(=O)N[C@@](C)(C#N)C(C)C)ccc1Cl. The monoisotopic (exact) mass is 415 g/mol. The highest BCUT2D eigenvalue weighted by atomic mass is 35.5. The van der Waals surface area contributed by atoms with Crippen LogP contribution in [0.2, 0.25) is 5.02 Å². The maximum absolute atomic E-state index is 12.3. The summed E-state index contributed by atoms with van der Waals surface area (Å²) in [5, 5.41) is 11.7. The Labute approximate surface area is 163 Å². The van der Waals surface area contributed by atoms with Crippen molar-refractivity contribution in [1.29, 1.82) is 5.26 Å². The van der Waals surface area contributed by atoms with Crippen molar-refractivity contribution in [2.45, 2.75) is 44.2 Å². The lowest BCUT2D eigenvalue weighted by molar-refractivity contribution is -0.130. The summed E-state index contributed by atoms with van der Waals surface area (Å²) < 4.78 is 31.1. The minimum absolute atomic E-state index is 0.0617. The molecule has 0 saturated carbocycles. The number of amides is 1. The summed E-state index contributed by atoms with van der Waals surface area (Å²) in [5.74, 6) is -1.71. The van der Waals surface area contributed by atoms with Gasteiger partial charge in [-0.3, -0.25) is 4.79 Å². The quantitative estimate of drug-likeness (QED) is 0.654. The molecule has 27 heavy (non-hydrogen) atoms. The van der Waals surface area contributed by atoms with E-state index in [2.05, 4.69) is 10.0 Å². The molecule has 2 atom stereocenters. The second-order valence-corrected chi connectivity index (χ2v) is 8.62. The lowest BCUT2D eigenvalue weighted by Crippen LogP contribution is -2.52. The number of hydrogen-bond acceptors (Lipinski definition) is 6. The third kappa shape index (κ3) is 5.42. The normalized spacial score (nSPS) is 14.7. The van der Waals surface area contributed by atoms with E-state index in [1.165, 1.54) is 26.1 Å². The molecular formula is C17H22ClN3O5S. The van der Waals surface area contributed by atoms with E-state index >= 15 is 0 Å². The molecule has 1 rings (SSSR count). The van der Waals surface area contributed by atoms with Gasteiger partial charge in [-0.25, -0.2) is 17.9 Å². The summed E-state index contributed by atoms with van der Waals surface area (Å²) in [4.78, 5) is 24.2. The zero-order chi connectivity index (χ0) is 21.0. The van der Waals surface area contributed by atoms with Crippen LogP contribution in [0.3, 0.4) is 0 Å². The van der Waals surface area contributed by atoms with Crippen LogP contribution in [0.4, 0.5) is 0 Å². The van der Waals surface area contributed by atoms with Gasteiger partial charge in [-0.1, -0.05) is 25.4 Å². The highest BCUT2D eigenvalue weighted by Gasteiger charge is 2.32. The van der Waals surface area contributed by atoms with Gasteiger partial charge in [-0.15, -0.1) is 0 Å². The Morgan fingerprint density at radius 1 is 1.30 bits per heavy atom. The fourth-order valence-corrected chi connectivity index (χ4v) is 3.14. The van der Waals surface area contributed by atoms with Crippen LogP contribution in [0.1, 0.15) is 38.1 Å². The molecular weight excluding hydrogens is 394 g/mol. The molecule has 1 amide bonds. The topological polar surface area (TPSA) is 125 Å². The van der Waals surface area contributed by atoms with Gasteiger partial charge >= 0.3 is 5.97 Å². The average Bonchev–Trinajstić information content (AvgIpc) is 2.61. The van der Waals surface area contributed by atoms with Gasteiger partial charge in [0.2, 0.25) is 10.0 Å². The maximum atomic E-state index is 12.3. The first-order valence-corrected chi connectivity index (χ1v) is 9.91. The Bertz CT molecular complexity index is 879. The van der Waals surface area contributed by atoms with Crippen LogP contribution in [-0.2, 0) is 19.6 Å². The Kier molecular flexibility index (Phi) is 7.37. The molecule has 0 aliphatic carbocycles. The van der Waals surface area contributed by atoms with Gasteiger partial charge in [0.05, 0.1) is 16.7 Å². The van der Waals surface area contributed by atoms with E-state index in [0.29, 0.717) is 0 Å². The molecule has 0 spiro atoms. The molecule has 0 saturated heterocycles. The standard InChI is InChI=1S/C17H22ClN3O5S/c1-10(2)17(4,9-19)21-15(22)11(3)26-16(23)12-6-7-13(18)14(8-12)27(24,25)20-5/h6-8,10-11,20H,1-5H3,(H,21,22)/t11-,17+/m1/s1. The van der Waals surface area contributed by atoms with Gasteiger partial charge < -0.3 is 10.1 Å². The summed E-state index contributed by atoms with van der Waals surface area (Å²) in [5.41, 5.74) is -1.20. The number of rotatable bonds is 7. The smallest absolute Gasteiger partial charge is 0.338 e. The highest BCUT2D eigenvalue weighted by molar-refractivity contribution is 7.89. The molecule has 0 bridgehead atoms. The van der Waals surface area contributed by atoms with Gasteiger partial charge in [-0.05, 0) is 45.0 Å². The summed E-state index contributed by atoms with van der Waals surface area (Å²) in [6.07, 6.45) is -1.19. The van der Waals surface area contributed by atoms with Crippen molar-refractivity contribution in [2.75, 3.05) is 7.05 Å². The van der Waals surface area contributed by atoms with E-state index < -0.39 is 33.5 Å². The van der Waals surface area contributed by atoms with E-state index in [0.717, 1.165) is 6.07 Å². The molecule has 1 aromatic rings. The van der Waals surface area contributed by atoms with E-state index in [4.69, 9.17) is 16.3 Å². The second kappa shape index (κ2) is 8.69. The lowest BCUT2D eigenvalue weighted by atomic mass is 9.90. The number of carbonyl (C=O) groups excluding carboxylic acids is 2.